The predicted molar refractivity (Wildman–Crippen MR) is 141 cm³/mol. The SMILES string of the molecule is CC(C)(C)C(=O)Nc1ccc(C(=O)N/N=C/c2ccccc2OC(=O)c2cc([N+](=O)[O-])cc([N+](=O)[O-])c2)cc1. The Labute approximate surface area is 221 Å². The Balaban J connectivity index is 1.70. The fourth-order valence-electron chi connectivity index (χ4n) is 3.01. The Morgan fingerprint density at radius 1 is 0.872 bits per heavy atom. The molecule has 3 rings (SSSR count). The van der Waals surface area contributed by atoms with Crippen molar-refractivity contribution in [3.8, 4) is 5.75 Å². The molecule has 0 fully saturated rings. The number of rotatable bonds is 8. The highest BCUT2D eigenvalue weighted by molar-refractivity contribution is 5.98. The molecule has 0 heterocycles. The van der Waals surface area contributed by atoms with Crippen LogP contribution in [0, 0.1) is 25.6 Å². The maximum atomic E-state index is 12.6. The average molecular weight is 533 g/mol. The second kappa shape index (κ2) is 11.7. The molecule has 13 heteroatoms. The Bertz CT molecular complexity index is 1440. The lowest BCUT2D eigenvalue weighted by Gasteiger charge is -2.17. The van der Waals surface area contributed by atoms with Crippen molar-refractivity contribution < 1.29 is 29.0 Å². The van der Waals surface area contributed by atoms with E-state index in [0.29, 0.717) is 5.69 Å². The number of hydrogen-bond donors (Lipinski definition) is 2. The largest absolute Gasteiger partial charge is 0.422 e. The first-order valence-corrected chi connectivity index (χ1v) is 11.3. The molecule has 39 heavy (non-hydrogen) atoms. The van der Waals surface area contributed by atoms with Crippen LogP contribution in [-0.4, -0.2) is 33.8 Å². The molecule has 0 saturated carbocycles. The first-order valence-electron chi connectivity index (χ1n) is 11.3. The van der Waals surface area contributed by atoms with Gasteiger partial charge in [-0.25, -0.2) is 10.2 Å². The van der Waals surface area contributed by atoms with E-state index in [9.17, 15) is 34.6 Å². The van der Waals surface area contributed by atoms with Crippen LogP contribution in [0.4, 0.5) is 17.1 Å². The summed E-state index contributed by atoms with van der Waals surface area (Å²) in [5.41, 5.74) is 1.16. The summed E-state index contributed by atoms with van der Waals surface area (Å²) in [5, 5.41) is 28.8. The van der Waals surface area contributed by atoms with Gasteiger partial charge >= 0.3 is 5.97 Å². The zero-order chi connectivity index (χ0) is 28.7. The van der Waals surface area contributed by atoms with Gasteiger partial charge in [0.05, 0.1) is 27.7 Å². The first-order chi connectivity index (χ1) is 18.3. The molecule has 0 spiro atoms. The molecule has 0 aliphatic carbocycles. The number of non-ortho nitro benzene ring substituents is 2. The van der Waals surface area contributed by atoms with Crippen LogP contribution in [0.2, 0.25) is 0 Å². The monoisotopic (exact) mass is 533 g/mol. The predicted octanol–water partition coefficient (Wildman–Crippen LogP) is 4.47. The molecule has 2 amide bonds. The molecule has 0 radical (unpaired) electrons. The molecule has 0 atom stereocenters. The number of hydrazone groups is 1. The summed E-state index contributed by atoms with van der Waals surface area (Å²) < 4.78 is 5.29. The van der Waals surface area contributed by atoms with E-state index in [1.54, 1.807) is 45.0 Å². The van der Waals surface area contributed by atoms with Crippen molar-refractivity contribution in [1.29, 1.82) is 0 Å². The van der Waals surface area contributed by atoms with Crippen LogP contribution in [0.5, 0.6) is 5.75 Å². The first kappa shape index (κ1) is 28.1. The molecular formula is C26H23N5O8. The number of ether oxygens (including phenoxy) is 1. The average Bonchev–Trinajstić information content (AvgIpc) is 2.89. The molecule has 0 aliphatic rings. The number of para-hydroxylation sites is 1. The smallest absolute Gasteiger partial charge is 0.344 e. The van der Waals surface area contributed by atoms with Crippen LogP contribution in [0.1, 0.15) is 47.1 Å². The van der Waals surface area contributed by atoms with E-state index in [0.717, 1.165) is 18.2 Å². The number of amides is 2. The maximum Gasteiger partial charge on any atom is 0.344 e. The Morgan fingerprint density at radius 3 is 2.03 bits per heavy atom. The van der Waals surface area contributed by atoms with Gasteiger partial charge in [-0.2, -0.15) is 5.10 Å². The minimum atomic E-state index is -1.06. The van der Waals surface area contributed by atoms with Crippen molar-refractivity contribution in [2.24, 2.45) is 10.5 Å². The second-order valence-corrected chi connectivity index (χ2v) is 9.16. The highest BCUT2D eigenvalue weighted by Gasteiger charge is 2.22. The van der Waals surface area contributed by atoms with Crippen LogP contribution in [0.15, 0.2) is 71.8 Å². The topological polar surface area (TPSA) is 183 Å². The van der Waals surface area contributed by atoms with Crippen molar-refractivity contribution in [2.45, 2.75) is 20.8 Å². The van der Waals surface area contributed by atoms with Gasteiger partial charge in [0, 0.05) is 34.4 Å². The number of esters is 1. The van der Waals surface area contributed by atoms with Gasteiger partial charge in [-0.05, 0) is 36.4 Å². The van der Waals surface area contributed by atoms with Gasteiger partial charge in [0.1, 0.15) is 5.75 Å². The van der Waals surface area contributed by atoms with Gasteiger partial charge < -0.3 is 10.1 Å². The van der Waals surface area contributed by atoms with Gasteiger partial charge in [-0.1, -0.05) is 32.9 Å². The van der Waals surface area contributed by atoms with Crippen LogP contribution in [0.25, 0.3) is 0 Å². The maximum absolute atomic E-state index is 12.6. The Morgan fingerprint density at radius 2 is 1.46 bits per heavy atom. The number of carbonyl (C=O) groups excluding carboxylic acids is 3. The van der Waals surface area contributed by atoms with E-state index < -0.39 is 44.1 Å². The van der Waals surface area contributed by atoms with Crippen molar-refractivity contribution in [2.75, 3.05) is 5.32 Å². The fourth-order valence-corrected chi connectivity index (χ4v) is 3.01. The molecule has 0 saturated heterocycles. The Hall–Kier alpha value is -5.46. The third kappa shape index (κ3) is 7.52. The summed E-state index contributed by atoms with van der Waals surface area (Å²) >= 11 is 0. The summed E-state index contributed by atoms with van der Waals surface area (Å²) in [7, 11) is 0. The molecule has 13 nitrogen and oxygen atoms in total. The quantitative estimate of drug-likeness (QED) is 0.140. The van der Waals surface area contributed by atoms with Crippen LogP contribution in [-0.2, 0) is 4.79 Å². The summed E-state index contributed by atoms with van der Waals surface area (Å²) in [6, 6.07) is 14.8. The molecular weight excluding hydrogens is 510 g/mol. The molecule has 0 aliphatic heterocycles. The minimum Gasteiger partial charge on any atom is -0.422 e. The number of carbonyl (C=O) groups is 3. The van der Waals surface area contributed by atoms with Gasteiger partial charge in [-0.3, -0.25) is 29.8 Å². The van der Waals surface area contributed by atoms with E-state index in [1.807, 2.05) is 0 Å². The van der Waals surface area contributed by atoms with E-state index in [1.165, 1.54) is 30.5 Å². The summed E-state index contributed by atoms with van der Waals surface area (Å²) in [6.45, 7) is 5.34. The lowest BCUT2D eigenvalue weighted by molar-refractivity contribution is -0.394. The number of nitrogens with one attached hydrogen (secondary N) is 2. The fraction of sp³-hybridized carbons (Fsp3) is 0.154. The molecule has 0 aromatic heterocycles. The number of nitro benzene ring substituents is 2. The van der Waals surface area contributed by atoms with Crippen LogP contribution >= 0.6 is 0 Å². The van der Waals surface area contributed by atoms with Crippen molar-refractivity contribution in [1.82, 2.24) is 5.43 Å². The summed E-state index contributed by atoms with van der Waals surface area (Å²) in [4.78, 5) is 57.6. The van der Waals surface area contributed by atoms with E-state index in [4.69, 9.17) is 4.74 Å². The number of anilines is 1. The summed E-state index contributed by atoms with van der Waals surface area (Å²) in [6.07, 6.45) is 1.22. The van der Waals surface area contributed by atoms with E-state index >= 15 is 0 Å². The Kier molecular flexibility index (Phi) is 8.45. The van der Waals surface area contributed by atoms with Crippen molar-refractivity contribution in [3.05, 3.63) is 104 Å². The lowest BCUT2D eigenvalue weighted by atomic mass is 9.95. The molecule has 3 aromatic rings. The third-order valence-electron chi connectivity index (χ3n) is 5.14. The van der Waals surface area contributed by atoms with Gasteiger partial charge in [-0.15, -0.1) is 0 Å². The number of benzene rings is 3. The summed E-state index contributed by atoms with van der Waals surface area (Å²) in [5.74, 6) is -1.79. The van der Waals surface area contributed by atoms with E-state index in [-0.39, 0.29) is 22.8 Å². The van der Waals surface area contributed by atoms with Gasteiger partial charge in [0.15, 0.2) is 0 Å². The standard InChI is InChI=1S/C26H23N5O8/c1-26(2,3)25(34)28-19-10-8-16(9-11-19)23(32)29-27-15-17-6-4-5-7-22(17)39-24(33)18-12-20(30(35)36)14-21(13-18)31(37)38/h4-15H,1-3H3,(H,28,34)(H,29,32)/b27-15+. The number of nitrogens with zero attached hydrogens (tertiary/aromatic N) is 3. The molecule has 3 aromatic carbocycles. The minimum absolute atomic E-state index is 0.00593. The normalized spacial score (nSPS) is 11.1. The zero-order valence-corrected chi connectivity index (χ0v) is 21.0. The number of hydrogen-bond acceptors (Lipinski definition) is 9. The molecule has 0 unspecified atom stereocenters. The van der Waals surface area contributed by atoms with Crippen LogP contribution < -0.4 is 15.5 Å². The molecule has 0 bridgehead atoms. The second-order valence-electron chi connectivity index (χ2n) is 9.16. The molecule has 2 N–H and O–H groups in total. The zero-order valence-electron chi connectivity index (χ0n) is 21.0. The molecule has 200 valence electrons. The van der Waals surface area contributed by atoms with Gasteiger partial charge in [0.2, 0.25) is 5.91 Å². The van der Waals surface area contributed by atoms with E-state index in [2.05, 4.69) is 15.8 Å². The third-order valence-corrected chi connectivity index (χ3v) is 5.14. The number of nitro groups is 2. The van der Waals surface area contributed by atoms with Crippen LogP contribution in [0.3, 0.4) is 0 Å². The highest BCUT2D eigenvalue weighted by Crippen LogP contribution is 2.25. The highest BCUT2D eigenvalue weighted by atomic mass is 16.6. The van der Waals surface area contributed by atoms with Crippen molar-refractivity contribution >= 4 is 41.1 Å². The van der Waals surface area contributed by atoms with Gasteiger partial charge in [0.25, 0.3) is 17.3 Å². The van der Waals surface area contributed by atoms with Crippen molar-refractivity contribution in [3.63, 3.8) is 0 Å². The lowest BCUT2D eigenvalue weighted by Crippen LogP contribution is -2.27.